The highest BCUT2D eigenvalue weighted by Gasteiger charge is 2.41. The quantitative estimate of drug-likeness (QED) is 0.750. The van der Waals surface area contributed by atoms with Crippen molar-refractivity contribution in [2.45, 2.75) is 69.9 Å². The smallest absolute Gasteiger partial charge is 0.221 e. The number of amides is 1. The van der Waals surface area contributed by atoms with E-state index in [1.165, 1.54) is 12.8 Å². The van der Waals surface area contributed by atoms with Crippen molar-refractivity contribution in [3.05, 3.63) is 0 Å². The fourth-order valence-corrected chi connectivity index (χ4v) is 3.81. The van der Waals surface area contributed by atoms with Crippen LogP contribution in [0.4, 0.5) is 0 Å². The van der Waals surface area contributed by atoms with E-state index in [-0.39, 0.29) is 17.0 Å². The fraction of sp³-hybridized carbons (Fsp3) is 0.941. The highest BCUT2D eigenvalue weighted by molar-refractivity contribution is 5.77. The zero-order valence-electron chi connectivity index (χ0n) is 14.3. The first-order valence-corrected chi connectivity index (χ1v) is 8.92. The summed E-state index contributed by atoms with van der Waals surface area (Å²) >= 11 is 0. The van der Waals surface area contributed by atoms with Crippen molar-refractivity contribution in [3.63, 3.8) is 0 Å². The first kappa shape index (κ1) is 17.7. The molecule has 5 heteroatoms. The van der Waals surface area contributed by atoms with Crippen molar-refractivity contribution in [3.8, 4) is 0 Å². The summed E-state index contributed by atoms with van der Waals surface area (Å²) < 4.78 is 5.47. The van der Waals surface area contributed by atoms with Crippen molar-refractivity contribution >= 4 is 5.91 Å². The first-order valence-electron chi connectivity index (χ1n) is 8.92. The number of rotatable bonds is 7. The number of morpholine rings is 1. The zero-order chi connectivity index (χ0) is 16.1. The van der Waals surface area contributed by atoms with Crippen LogP contribution in [0.25, 0.3) is 0 Å². The molecule has 0 aromatic carbocycles. The van der Waals surface area contributed by atoms with Crippen molar-refractivity contribution in [2.75, 3.05) is 32.8 Å². The van der Waals surface area contributed by atoms with Crippen LogP contribution in [0.15, 0.2) is 0 Å². The third-order valence-corrected chi connectivity index (χ3v) is 5.75. The molecule has 128 valence electrons. The van der Waals surface area contributed by atoms with Gasteiger partial charge in [0.15, 0.2) is 0 Å². The van der Waals surface area contributed by atoms with E-state index in [1.54, 1.807) is 0 Å². The predicted molar refractivity (Wildman–Crippen MR) is 88.7 cm³/mol. The minimum absolute atomic E-state index is 0.0591. The molecule has 2 rings (SSSR count). The molecule has 0 atom stereocenters. The molecule has 5 nitrogen and oxygen atoms in total. The second-order valence-electron chi connectivity index (χ2n) is 7.05. The van der Waals surface area contributed by atoms with E-state index in [1.807, 2.05) is 0 Å². The van der Waals surface area contributed by atoms with Crippen LogP contribution in [0.1, 0.15) is 58.8 Å². The van der Waals surface area contributed by atoms with Crippen LogP contribution >= 0.6 is 0 Å². The summed E-state index contributed by atoms with van der Waals surface area (Å²) in [5.41, 5.74) is 6.08. The lowest BCUT2D eigenvalue weighted by atomic mass is 9.89. The summed E-state index contributed by atoms with van der Waals surface area (Å²) in [7, 11) is 0. The lowest BCUT2D eigenvalue weighted by molar-refractivity contribution is -0.125. The van der Waals surface area contributed by atoms with Crippen LogP contribution in [0.3, 0.4) is 0 Å². The molecule has 3 N–H and O–H groups in total. The summed E-state index contributed by atoms with van der Waals surface area (Å²) in [4.78, 5) is 15.0. The highest BCUT2D eigenvalue weighted by atomic mass is 16.5. The van der Waals surface area contributed by atoms with Crippen LogP contribution in [0.5, 0.6) is 0 Å². The van der Waals surface area contributed by atoms with Crippen LogP contribution in [-0.4, -0.2) is 54.7 Å². The Hall–Kier alpha value is -0.650. The number of nitrogens with zero attached hydrogens (tertiary/aromatic N) is 1. The molecule has 2 fully saturated rings. The molecule has 0 spiro atoms. The Morgan fingerprint density at radius 2 is 1.82 bits per heavy atom. The number of carbonyl (C=O) groups is 1. The Kier molecular flexibility index (Phi) is 6.24. The summed E-state index contributed by atoms with van der Waals surface area (Å²) in [5, 5.41) is 3.09. The molecular formula is C17H33N3O2. The number of hydrogen-bond donors (Lipinski definition) is 2. The van der Waals surface area contributed by atoms with E-state index in [0.29, 0.717) is 13.0 Å². The van der Waals surface area contributed by atoms with Gasteiger partial charge in [-0.3, -0.25) is 9.69 Å². The second kappa shape index (κ2) is 7.75. The van der Waals surface area contributed by atoms with Gasteiger partial charge in [-0.2, -0.15) is 0 Å². The maximum Gasteiger partial charge on any atom is 0.221 e. The highest BCUT2D eigenvalue weighted by Crippen LogP contribution is 2.38. The zero-order valence-corrected chi connectivity index (χ0v) is 14.3. The molecule has 1 saturated carbocycles. The Morgan fingerprint density at radius 3 is 2.36 bits per heavy atom. The first-order chi connectivity index (χ1) is 10.5. The van der Waals surface area contributed by atoms with Crippen molar-refractivity contribution in [1.29, 1.82) is 0 Å². The summed E-state index contributed by atoms with van der Waals surface area (Å²) in [5.74, 6) is 0.158. The third kappa shape index (κ3) is 4.21. The van der Waals surface area contributed by atoms with Crippen molar-refractivity contribution in [1.82, 2.24) is 10.2 Å². The topological polar surface area (TPSA) is 67.6 Å². The van der Waals surface area contributed by atoms with Crippen molar-refractivity contribution in [2.24, 2.45) is 5.73 Å². The molecule has 0 bridgehead atoms. The number of carbonyl (C=O) groups excluding carboxylic acids is 1. The fourth-order valence-electron chi connectivity index (χ4n) is 3.81. The minimum Gasteiger partial charge on any atom is -0.379 e. The maximum absolute atomic E-state index is 12.5. The lowest BCUT2D eigenvalue weighted by Crippen LogP contribution is -2.55. The molecule has 1 saturated heterocycles. The minimum atomic E-state index is -0.266. The average Bonchev–Trinajstić information content (AvgIpc) is 3.03. The van der Waals surface area contributed by atoms with Gasteiger partial charge in [-0.15, -0.1) is 0 Å². The standard InChI is InChI=1S/C17H33N3O2/c1-3-16(18,4-2)14-19-15(21)13-17(7-5-6-8-17)20-9-11-22-12-10-20/h3-14,18H2,1-2H3,(H,19,21). The molecule has 0 aromatic heterocycles. The van der Waals surface area contributed by atoms with Gasteiger partial charge in [0.2, 0.25) is 5.91 Å². The van der Waals surface area contributed by atoms with Gasteiger partial charge in [-0.1, -0.05) is 26.7 Å². The second-order valence-corrected chi connectivity index (χ2v) is 7.05. The van der Waals surface area contributed by atoms with E-state index < -0.39 is 0 Å². The predicted octanol–water partition coefficient (Wildman–Crippen LogP) is 1.66. The van der Waals surface area contributed by atoms with Crippen LogP contribution in [-0.2, 0) is 9.53 Å². The van der Waals surface area contributed by atoms with Gasteiger partial charge >= 0.3 is 0 Å². The van der Waals surface area contributed by atoms with Gasteiger partial charge < -0.3 is 15.8 Å². The molecule has 2 aliphatic rings. The van der Waals surface area contributed by atoms with Gasteiger partial charge in [0.25, 0.3) is 0 Å². The van der Waals surface area contributed by atoms with E-state index in [2.05, 4.69) is 24.1 Å². The summed E-state index contributed by atoms with van der Waals surface area (Å²) in [6.45, 7) is 8.25. The number of nitrogens with one attached hydrogen (secondary N) is 1. The Bertz CT molecular complexity index is 357. The van der Waals surface area contributed by atoms with Crippen LogP contribution in [0.2, 0.25) is 0 Å². The SMILES string of the molecule is CCC(N)(CC)CNC(=O)CC1(N2CCOCC2)CCCC1. The summed E-state index contributed by atoms with van der Waals surface area (Å²) in [6, 6.07) is 0. The Labute approximate surface area is 134 Å². The molecule has 0 aromatic rings. The molecule has 0 radical (unpaired) electrons. The molecule has 1 heterocycles. The molecular weight excluding hydrogens is 278 g/mol. The molecule has 0 unspecified atom stereocenters. The van der Waals surface area contributed by atoms with E-state index in [9.17, 15) is 4.79 Å². The van der Waals surface area contributed by atoms with Gasteiger partial charge in [0.1, 0.15) is 0 Å². The van der Waals surface area contributed by atoms with E-state index >= 15 is 0 Å². The van der Waals surface area contributed by atoms with Gasteiger partial charge in [0.05, 0.1) is 13.2 Å². The van der Waals surface area contributed by atoms with E-state index in [0.717, 1.165) is 52.0 Å². The van der Waals surface area contributed by atoms with Gasteiger partial charge in [-0.05, 0) is 25.7 Å². The maximum atomic E-state index is 12.5. The van der Waals surface area contributed by atoms with Gasteiger partial charge in [-0.25, -0.2) is 0 Å². The number of nitrogens with two attached hydrogens (primary N) is 1. The Morgan fingerprint density at radius 1 is 1.23 bits per heavy atom. The van der Waals surface area contributed by atoms with E-state index in [4.69, 9.17) is 10.5 Å². The third-order valence-electron chi connectivity index (χ3n) is 5.75. The number of ether oxygens (including phenoxy) is 1. The molecule has 1 aliphatic carbocycles. The molecule has 1 aliphatic heterocycles. The van der Waals surface area contributed by atoms with Gasteiger partial charge in [0, 0.05) is 37.1 Å². The normalized spacial score (nSPS) is 22.7. The summed E-state index contributed by atoms with van der Waals surface area (Å²) in [6.07, 6.45) is 7.11. The lowest BCUT2D eigenvalue weighted by Gasteiger charge is -2.43. The van der Waals surface area contributed by atoms with Crippen LogP contribution in [0, 0.1) is 0 Å². The Balaban J connectivity index is 1.91. The van der Waals surface area contributed by atoms with Crippen molar-refractivity contribution < 1.29 is 9.53 Å². The average molecular weight is 311 g/mol. The molecule has 22 heavy (non-hydrogen) atoms. The largest absolute Gasteiger partial charge is 0.379 e. The monoisotopic (exact) mass is 311 g/mol. The molecule has 1 amide bonds. The van der Waals surface area contributed by atoms with Crippen LogP contribution < -0.4 is 11.1 Å². The number of hydrogen-bond acceptors (Lipinski definition) is 4.